The SMILES string of the molecule is NC1CCC(c2nc3n(n2)C(C2CCOC2)CCN3)CC1. The van der Waals surface area contributed by atoms with Crippen LogP contribution < -0.4 is 11.1 Å². The average Bonchev–Trinajstić information content (AvgIpc) is 3.17. The van der Waals surface area contributed by atoms with Crippen LogP contribution in [0.4, 0.5) is 5.95 Å². The van der Waals surface area contributed by atoms with Gasteiger partial charge in [-0.15, -0.1) is 0 Å². The summed E-state index contributed by atoms with van der Waals surface area (Å²) in [5.41, 5.74) is 6.00. The molecule has 0 amide bonds. The minimum absolute atomic E-state index is 0.375. The van der Waals surface area contributed by atoms with Crippen molar-refractivity contribution >= 4 is 5.95 Å². The van der Waals surface area contributed by atoms with Crippen molar-refractivity contribution in [2.45, 2.75) is 56.5 Å². The van der Waals surface area contributed by atoms with Crippen LogP contribution in [0.15, 0.2) is 0 Å². The van der Waals surface area contributed by atoms with Gasteiger partial charge in [0.15, 0.2) is 5.82 Å². The number of rotatable bonds is 2. The zero-order valence-corrected chi connectivity index (χ0v) is 12.5. The number of aromatic nitrogens is 3. The number of anilines is 1. The third kappa shape index (κ3) is 2.55. The lowest BCUT2D eigenvalue weighted by atomic mass is 9.86. The fourth-order valence-electron chi connectivity index (χ4n) is 3.99. The Bertz CT molecular complexity index is 488. The van der Waals surface area contributed by atoms with E-state index in [-0.39, 0.29) is 0 Å². The van der Waals surface area contributed by atoms with Crippen LogP contribution in [-0.4, -0.2) is 40.6 Å². The first-order valence-electron chi connectivity index (χ1n) is 8.35. The van der Waals surface area contributed by atoms with Gasteiger partial charge in [-0.1, -0.05) is 0 Å². The Labute approximate surface area is 125 Å². The number of nitrogens with one attached hydrogen (secondary N) is 1. The summed E-state index contributed by atoms with van der Waals surface area (Å²) in [6, 6.07) is 0.829. The molecule has 2 aliphatic heterocycles. The van der Waals surface area contributed by atoms with E-state index in [0.29, 0.717) is 23.9 Å². The summed E-state index contributed by atoms with van der Waals surface area (Å²) in [7, 11) is 0. The molecule has 2 fully saturated rings. The Morgan fingerprint density at radius 1 is 1.14 bits per heavy atom. The monoisotopic (exact) mass is 291 g/mol. The number of hydrogen-bond acceptors (Lipinski definition) is 5. The second-order valence-corrected chi connectivity index (χ2v) is 6.76. The molecule has 3 heterocycles. The van der Waals surface area contributed by atoms with E-state index in [1.54, 1.807) is 0 Å². The van der Waals surface area contributed by atoms with Crippen LogP contribution in [0.25, 0.3) is 0 Å². The highest BCUT2D eigenvalue weighted by Gasteiger charge is 2.33. The van der Waals surface area contributed by atoms with Crippen molar-refractivity contribution in [1.82, 2.24) is 14.8 Å². The number of ether oxygens (including phenoxy) is 1. The molecule has 1 aliphatic carbocycles. The van der Waals surface area contributed by atoms with Gasteiger partial charge in [0.2, 0.25) is 5.95 Å². The van der Waals surface area contributed by atoms with Crippen molar-refractivity contribution in [1.29, 1.82) is 0 Å². The van der Waals surface area contributed by atoms with Crippen LogP contribution in [0.5, 0.6) is 0 Å². The van der Waals surface area contributed by atoms with E-state index in [1.807, 2.05) is 0 Å². The summed E-state index contributed by atoms with van der Waals surface area (Å²) in [5, 5.41) is 8.28. The van der Waals surface area contributed by atoms with Crippen LogP contribution >= 0.6 is 0 Å². The van der Waals surface area contributed by atoms with Gasteiger partial charge in [-0.05, 0) is 38.5 Å². The Morgan fingerprint density at radius 3 is 2.76 bits per heavy atom. The Morgan fingerprint density at radius 2 is 2.00 bits per heavy atom. The normalized spacial score (nSPS) is 36.2. The maximum atomic E-state index is 6.00. The Kier molecular flexibility index (Phi) is 3.59. The van der Waals surface area contributed by atoms with Crippen LogP contribution in [0.2, 0.25) is 0 Å². The van der Waals surface area contributed by atoms with E-state index in [4.69, 9.17) is 20.6 Å². The van der Waals surface area contributed by atoms with Crippen LogP contribution in [-0.2, 0) is 4.74 Å². The summed E-state index contributed by atoms with van der Waals surface area (Å²) in [6.07, 6.45) is 6.73. The fourth-order valence-corrected chi connectivity index (χ4v) is 3.99. The molecule has 1 aromatic heterocycles. The molecule has 0 radical (unpaired) electrons. The molecule has 4 rings (SSSR count). The lowest BCUT2D eigenvalue weighted by Gasteiger charge is -2.28. The van der Waals surface area contributed by atoms with Crippen LogP contribution in [0.1, 0.15) is 56.3 Å². The van der Waals surface area contributed by atoms with E-state index in [1.165, 1.54) is 0 Å². The van der Waals surface area contributed by atoms with E-state index in [0.717, 1.165) is 70.1 Å². The lowest BCUT2D eigenvalue weighted by Crippen LogP contribution is -2.29. The zero-order chi connectivity index (χ0) is 14.2. The maximum absolute atomic E-state index is 6.00. The molecule has 6 nitrogen and oxygen atoms in total. The van der Waals surface area contributed by atoms with Crippen LogP contribution in [0, 0.1) is 5.92 Å². The van der Waals surface area contributed by atoms with E-state index >= 15 is 0 Å². The molecule has 6 heteroatoms. The molecule has 0 spiro atoms. The smallest absolute Gasteiger partial charge is 0.221 e. The van der Waals surface area contributed by atoms with Gasteiger partial charge in [-0.25, -0.2) is 4.68 Å². The minimum atomic E-state index is 0.375. The molecule has 1 saturated heterocycles. The first-order chi connectivity index (χ1) is 10.3. The van der Waals surface area contributed by atoms with Gasteiger partial charge in [0, 0.05) is 31.0 Å². The van der Waals surface area contributed by atoms with E-state index in [9.17, 15) is 0 Å². The van der Waals surface area contributed by atoms with Gasteiger partial charge in [0.05, 0.1) is 12.6 Å². The van der Waals surface area contributed by atoms with Crippen molar-refractivity contribution in [2.24, 2.45) is 11.7 Å². The highest BCUT2D eigenvalue weighted by molar-refractivity contribution is 5.29. The summed E-state index contributed by atoms with van der Waals surface area (Å²) < 4.78 is 7.71. The minimum Gasteiger partial charge on any atom is -0.381 e. The third-order valence-corrected chi connectivity index (χ3v) is 5.33. The zero-order valence-electron chi connectivity index (χ0n) is 12.5. The summed E-state index contributed by atoms with van der Waals surface area (Å²) in [5.74, 6) is 3.07. The molecule has 1 aromatic rings. The van der Waals surface area contributed by atoms with E-state index in [2.05, 4.69) is 10.00 Å². The van der Waals surface area contributed by atoms with Crippen molar-refractivity contribution in [2.75, 3.05) is 25.1 Å². The van der Waals surface area contributed by atoms with Crippen LogP contribution in [0.3, 0.4) is 0 Å². The van der Waals surface area contributed by atoms with Crippen molar-refractivity contribution in [3.63, 3.8) is 0 Å². The largest absolute Gasteiger partial charge is 0.381 e. The predicted octanol–water partition coefficient (Wildman–Crippen LogP) is 1.66. The van der Waals surface area contributed by atoms with Gasteiger partial charge >= 0.3 is 0 Å². The standard InChI is InChI=1S/C15H25N5O/c16-12-3-1-10(2-4-12)14-18-15-17-7-5-13(20(15)19-14)11-6-8-21-9-11/h10-13H,1-9,16H2,(H,17,18,19). The van der Waals surface area contributed by atoms with Crippen molar-refractivity contribution in [3.05, 3.63) is 5.82 Å². The summed E-state index contributed by atoms with van der Waals surface area (Å²) in [4.78, 5) is 4.78. The summed E-state index contributed by atoms with van der Waals surface area (Å²) in [6.45, 7) is 2.76. The topological polar surface area (TPSA) is 78.0 Å². The second kappa shape index (κ2) is 5.57. The number of hydrogen-bond donors (Lipinski definition) is 2. The molecular formula is C15H25N5O. The first-order valence-corrected chi connectivity index (χ1v) is 8.35. The molecule has 2 unspecified atom stereocenters. The maximum Gasteiger partial charge on any atom is 0.221 e. The van der Waals surface area contributed by atoms with E-state index < -0.39 is 0 Å². The van der Waals surface area contributed by atoms with Gasteiger partial charge < -0.3 is 15.8 Å². The third-order valence-electron chi connectivity index (χ3n) is 5.33. The molecule has 3 aliphatic rings. The highest BCUT2D eigenvalue weighted by atomic mass is 16.5. The van der Waals surface area contributed by atoms with Gasteiger partial charge in [0.1, 0.15) is 0 Å². The van der Waals surface area contributed by atoms with Crippen molar-refractivity contribution in [3.8, 4) is 0 Å². The van der Waals surface area contributed by atoms with Gasteiger partial charge in [0.25, 0.3) is 0 Å². The second-order valence-electron chi connectivity index (χ2n) is 6.76. The fraction of sp³-hybridized carbons (Fsp3) is 0.867. The molecule has 1 saturated carbocycles. The number of nitrogens with two attached hydrogens (primary N) is 1. The molecule has 3 N–H and O–H groups in total. The molecule has 2 atom stereocenters. The highest BCUT2D eigenvalue weighted by Crippen LogP contribution is 2.36. The molecule has 0 aromatic carbocycles. The Balaban J connectivity index is 1.55. The molecular weight excluding hydrogens is 266 g/mol. The predicted molar refractivity (Wildman–Crippen MR) is 80.3 cm³/mol. The quantitative estimate of drug-likeness (QED) is 0.866. The Hall–Kier alpha value is -1.14. The van der Waals surface area contributed by atoms with Crippen molar-refractivity contribution < 1.29 is 4.74 Å². The number of fused-ring (bicyclic) bond motifs is 1. The average molecular weight is 291 g/mol. The lowest BCUT2D eigenvalue weighted by molar-refractivity contribution is 0.167. The van der Waals surface area contributed by atoms with Gasteiger partial charge in [-0.2, -0.15) is 10.1 Å². The number of nitrogens with zero attached hydrogens (tertiary/aromatic N) is 3. The first kappa shape index (κ1) is 13.5. The van der Waals surface area contributed by atoms with Gasteiger partial charge in [-0.3, -0.25) is 0 Å². The molecule has 116 valence electrons. The molecule has 0 bridgehead atoms. The summed E-state index contributed by atoms with van der Waals surface area (Å²) >= 11 is 0. The molecule has 21 heavy (non-hydrogen) atoms.